The van der Waals surface area contributed by atoms with E-state index in [2.05, 4.69) is 14.7 Å². The zero-order chi connectivity index (χ0) is 12.3. The first kappa shape index (κ1) is 11.3. The molecule has 86 valence electrons. The molecule has 4 nitrogen and oxygen atoms in total. The molecule has 1 aromatic heterocycles. The maximum Gasteiger partial charge on any atom is 0.358 e. The van der Waals surface area contributed by atoms with E-state index in [0.29, 0.717) is 0 Å². The minimum absolute atomic E-state index is 0.211. The van der Waals surface area contributed by atoms with E-state index >= 15 is 0 Å². The Bertz CT molecular complexity index is 518. The third-order valence-corrected chi connectivity index (χ3v) is 2.39. The third-order valence-electron chi connectivity index (χ3n) is 2.39. The highest BCUT2D eigenvalue weighted by atomic mass is 16.5. The predicted molar refractivity (Wildman–Crippen MR) is 63.5 cm³/mol. The number of nitrogens with zero attached hydrogens (tertiary/aromatic N) is 2. The van der Waals surface area contributed by atoms with Crippen LogP contribution in [0.3, 0.4) is 0 Å². The molecular weight excluding hydrogens is 216 g/mol. The zero-order valence-corrected chi connectivity index (χ0v) is 9.68. The second kappa shape index (κ2) is 4.74. The molecular formula is C13H12N2O2. The van der Waals surface area contributed by atoms with Gasteiger partial charge in [-0.3, -0.25) is 4.98 Å². The summed E-state index contributed by atoms with van der Waals surface area (Å²) in [4.78, 5) is 19.4. The molecule has 0 fully saturated rings. The normalized spacial score (nSPS) is 10.0. The number of carbonyl (C=O) groups is 1. The number of hydrogen-bond acceptors (Lipinski definition) is 4. The monoisotopic (exact) mass is 228 g/mol. The Kier molecular flexibility index (Phi) is 3.14. The van der Waals surface area contributed by atoms with Crippen molar-refractivity contribution in [3.05, 3.63) is 47.9 Å². The molecule has 0 bridgehead atoms. The van der Waals surface area contributed by atoms with Crippen molar-refractivity contribution in [2.75, 3.05) is 7.11 Å². The molecule has 0 aliphatic rings. The summed E-state index contributed by atoms with van der Waals surface area (Å²) >= 11 is 0. The van der Waals surface area contributed by atoms with E-state index in [9.17, 15) is 4.79 Å². The zero-order valence-electron chi connectivity index (χ0n) is 9.68. The molecule has 0 unspecified atom stereocenters. The Labute approximate surface area is 99.3 Å². The van der Waals surface area contributed by atoms with Gasteiger partial charge in [-0.2, -0.15) is 0 Å². The number of carbonyl (C=O) groups excluding carboxylic acids is 1. The SMILES string of the molecule is COC(=O)c1cnc(-c2ccc(C)cc2)cn1. The van der Waals surface area contributed by atoms with Crippen molar-refractivity contribution in [2.45, 2.75) is 6.92 Å². The number of aryl methyl sites for hydroxylation is 1. The molecule has 0 radical (unpaired) electrons. The average Bonchev–Trinajstić information content (AvgIpc) is 2.39. The Morgan fingerprint density at radius 3 is 2.35 bits per heavy atom. The van der Waals surface area contributed by atoms with Crippen molar-refractivity contribution in [3.8, 4) is 11.3 Å². The van der Waals surface area contributed by atoms with E-state index in [1.807, 2.05) is 31.2 Å². The van der Waals surface area contributed by atoms with Gasteiger partial charge in [-0.15, -0.1) is 0 Å². The highest BCUT2D eigenvalue weighted by Gasteiger charge is 2.07. The van der Waals surface area contributed by atoms with Crippen LogP contribution in [0.25, 0.3) is 11.3 Å². The summed E-state index contributed by atoms with van der Waals surface area (Å²) in [6, 6.07) is 7.95. The number of esters is 1. The topological polar surface area (TPSA) is 52.1 Å². The highest BCUT2D eigenvalue weighted by molar-refractivity contribution is 5.86. The van der Waals surface area contributed by atoms with Crippen LogP contribution in [-0.2, 0) is 4.74 Å². The summed E-state index contributed by atoms with van der Waals surface area (Å²) in [5.74, 6) is -0.479. The summed E-state index contributed by atoms with van der Waals surface area (Å²) < 4.78 is 4.56. The van der Waals surface area contributed by atoms with E-state index in [-0.39, 0.29) is 5.69 Å². The van der Waals surface area contributed by atoms with Gasteiger partial charge in [-0.25, -0.2) is 9.78 Å². The van der Waals surface area contributed by atoms with E-state index in [0.717, 1.165) is 11.3 Å². The summed E-state index contributed by atoms with van der Waals surface area (Å²) in [5, 5.41) is 0. The Morgan fingerprint density at radius 1 is 1.12 bits per heavy atom. The highest BCUT2D eigenvalue weighted by Crippen LogP contribution is 2.16. The molecule has 17 heavy (non-hydrogen) atoms. The van der Waals surface area contributed by atoms with E-state index in [1.165, 1.54) is 18.9 Å². The molecule has 0 saturated heterocycles. The molecule has 0 N–H and O–H groups in total. The second-order valence-corrected chi connectivity index (χ2v) is 3.64. The summed E-state index contributed by atoms with van der Waals surface area (Å²) in [6.45, 7) is 2.02. The van der Waals surface area contributed by atoms with Crippen molar-refractivity contribution in [1.29, 1.82) is 0 Å². The number of hydrogen-bond donors (Lipinski definition) is 0. The van der Waals surface area contributed by atoms with Crippen LogP contribution in [0.5, 0.6) is 0 Å². The van der Waals surface area contributed by atoms with Gasteiger partial charge in [0.15, 0.2) is 5.69 Å². The van der Waals surface area contributed by atoms with Crippen LogP contribution in [0.1, 0.15) is 16.1 Å². The number of benzene rings is 1. The lowest BCUT2D eigenvalue weighted by atomic mass is 10.1. The molecule has 0 saturated carbocycles. The first-order chi connectivity index (χ1) is 8.20. The lowest BCUT2D eigenvalue weighted by Gasteiger charge is -2.02. The Morgan fingerprint density at radius 2 is 1.82 bits per heavy atom. The van der Waals surface area contributed by atoms with E-state index in [4.69, 9.17) is 0 Å². The summed E-state index contributed by atoms with van der Waals surface area (Å²) in [6.07, 6.45) is 2.98. The van der Waals surface area contributed by atoms with E-state index < -0.39 is 5.97 Å². The number of methoxy groups -OCH3 is 1. The minimum Gasteiger partial charge on any atom is -0.464 e. The average molecular weight is 228 g/mol. The van der Waals surface area contributed by atoms with Crippen LogP contribution in [-0.4, -0.2) is 23.0 Å². The van der Waals surface area contributed by atoms with Crippen LogP contribution >= 0.6 is 0 Å². The van der Waals surface area contributed by atoms with Gasteiger partial charge in [0.2, 0.25) is 0 Å². The Balaban J connectivity index is 2.29. The molecule has 1 heterocycles. The molecule has 0 amide bonds. The lowest BCUT2D eigenvalue weighted by molar-refractivity contribution is 0.0593. The van der Waals surface area contributed by atoms with Gasteiger partial charge >= 0.3 is 5.97 Å². The lowest BCUT2D eigenvalue weighted by Crippen LogP contribution is -2.04. The van der Waals surface area contributed by atoms with Crippen molar-refractivity contribution in [3.63, 3.8) is 0 Å². The van der Waals surface area contributed by atoms with Crippen molar-refractivity contribution >= 4 is 5.97 Å². The molecule has 2 rings (SSSR count). The molecule has 0 spiro atoms. The van der Waals surface area contributed by atoms with Crippen LogP contribution in [0.15, 0.2) is 36.7 Å². The van der Waals surface area contributed by atoms with Gasteiger partial charge in [0.1, 0.15) is 0 Å². The van der Waals surface area contributed by atoms with E-state index in [1.54, 1.807) is 6.20 Å². The standard InChI is InChI=1S/C13H12N2O2/c1-9-3-5-10(6-4-9)11-7-15-12(8-14-11)13(16)17-2/h3-8H,1-2H3. The van der Waals surface area contributed by atoms with Gasteiger partial charge in [0.05, 0.1) is 25.2 Å². The van der Waals surface area contributed by atoms with Crippen molar-refractivity contribution in [2.24, 2.45) is 0 Å². The van der Waals surface area contributed by atoms with Gasteiger partial charge in [0, 0.05) is 5.56 Å². The van der Waals surface area contributed by atoms with Gasteiger partial charge in [-0.05, 0) is 6.92 Å². The van der Waals surface area contributed by atoms with Gasteiger partial charge < -0.3 is 4.74 Å². The van der Waals surface area contributed by atoms with Gasteiger partial charge in [-0.1, -0.05) is 29.8 Å². The molecule has 0 aliphatic heterocycles. The summed E-state index contributed by atoms with van der Waals surface area (Å²) in [5.41, 5.74) is 3.11. The molecule has 0 aliphatic carbocycles. The number of aromatic nitrogens is 2. The molecule has 0 atom stereocenters. The number of rotatable bonds is 2. The smallest absolute Gasteiger partial charge is 0.358 e. The second-order valence-electron chi connectivity index (χ2n) is 3.64. The molecule has 2 aromatic rings. The predicted octanol–water partition coefficient (Wildman–Crippen LogP) is 2.24. The fourth-order valence-corrected chi connectivity index (χ4v) is 1.41. The minimum atomic E-state index is -0.479. The van der Waals surface area contributed by atoms with Gasteiger partial charge in [0.25, 0.3) is 0 Å². The maximum absolute atomic E-state index is 11.2. The van der Waals surface area contributed by atoms with Crippen LogP contribution < -0.4 is 0 Å². The third kappa shape index (κ3) is 2.47. The fraction of sp³-hybridized carbons (Fsp3) is 0.154. The van der Waals surface area contributed by atoms with Crippen molar-refractivity contribution in [1.82, 2.24) is 9.97 Å². The van der Waals surface area contributed by atoms with Crippen LogP contribution in [0.2, 0.25) is 0 Å². The quantitative estimate of drug-likeness (QED) is 0.740. The Hall–Kier alpha value is -2.23. The van der Waals surface area contributed by atoms with Crippen molar-refractivity contribution < 1.29 is 9.53 Å². The molecule has 4 heteroatoms. The summed E-state index contributed by atoms with van der Waals surface area (Å²) in [7, 11) is 1.32. The fourth-order valence-electron chi connectivity index (χ4n) is 1.41. The number of ether oxygens (including phenoxy) is 1. The first-order valence-corrected chi connectivity index (χ1v) is 5.18. The van der Waals surface area contributed by atoms with Crippen LogP contribution in [0, 0.1) is 6.92 Å². The molecule has 1 aromatic carbocycles. The van der Waals surface area contributed by atoms with Crippen LogP contribution in [0.4, 0.5) is 0 Å². The maximum atomic E-state index is 11.2. The first-order valence-electron chi connectivity index (χ1n) is 5.18. The largest absolute Gasteiger partial charge is 0.464 e.